The Morgan fingerprint density at radius 3 is 2.56 bits per heavy atom. The minimum atomic E-state index is -4.46. The SMILES string of the molecule is C=CC(=O)Nc1cc(Nc2nccc(-c3nc4ccccc4n3CC(F)(F)F)n2)c(OC)cc1N1CCC(N(C)C)CC1. The molecule has 1 fully saturated rings. The van der Waals surface area contributed by atoms with Crippen LogP contribution in [0.3, 0.4) is 0 Å². The van der Waals surface area contributed by atoms with Crippen molar-refractivity contribution in [3.05, 3.63) is 61.3 Å². The number of piperidine rings is 1. The standard InChI is InChI=1S/C30H33F3N8O2/c1-5-27(42)35-22-16-23(26(43-4)17-25(22)40-14-11-19(12-15-40)39(2)3)38-29-34-13-10-21(37-29)28-36-20-8-6-7-9-24(20)41(28)18-30(31,32)33/h5-10,13,16-17,19H,1,11-12,14-15,18H2,2-4H3,(H,35,42)(H,34,37,38). The van der Waals surface area contributed by atoms with Gasteiger partial charge in [0.1, 0.15) is 18.0 Å². The first-order valence-corrected chi connectivity index (χ1v) is 13.8. The van der Waals surface area contributed by atoms with Gasteiger partial charge in [-0.3, -0.25) is 4.79 Å². The van der Waals surface area contributed by atoms with Gasteiger partial charge in [-0.05, 0) is 57.3 Å². The second-order valence-electron chi connectivity index (χ2n) is 10.5. The maximum atomic E-state index is 13.5. The van der Waals surface area contributed by atoms with Crippen LogP contribution in [0.2, 0.25) is 0 Å². The van der Waals surface area contributed by atoms with Crippen molar-refractivity contribution in [1.29, 1.82) is 0 Å². The van der Waals surface area contributed by atoms with Gasteiger partial charge in [0.2, 0.25) is 11.9 Å². The lowest BCUT2D eigenvalue weighted by Crippen LogP contribution is -2.42. The van der Waals surface area contributed by atoms with Crippen molar-refractivity contribution in [1.82, 2.24) is 24.4 Å². The molecule has 10 nitrogen and oxygen atoms in total. The largest absolute Gasteiger partial charge is 0.494 e. The lowest BCUT2D eigenvalue weighted by Gasteiger charge is -2.37. The fraction of sp³-hybridized carbons (Fsp3) is 0.333. The quantitative estimate of drug-likeness (QED) is 0.247. The molecule has 1 amide bonds. The van der Waals surface area contributed by atoms with E-state index in [0.29, 0.717) is 34.2 Å². The zero-order valence-electron chi connectivity index (χ0n) is 24.1. The Morgan fingerprint density at radius 2 is 1.88 bits per heavy atom. The molecule has 0 bridgehead atoms. The number of amides is 1. The number of hydrogen-bond acceptors (Lipinski definition) is 8. The summed E-state index contributed by atoms with van der Waals surface area (Å²) in [7, 11) is 5.67. The van der Waals surface area contributed by atoms with Crippen LogP contribution in [-0.2, 0) is 11.3 Å². The van der Waals surface area contributed by atoms with Crippen LogP contribution in [0.5, 0.6) is 5.75 Å². The monoisotopic (exact) mass is 594 g/mol. The number of ether oxygens (including phenoxy) is 1. The van der Waals surface area contributed by atoms with E-state index in [2.05, 4.69) is 56.1 Å². The number of carbonyl (C=O) groups is 1. The van der Waals surface area contributed by atoms with Crippen molar-refractivity contribution in [2.45, 2.75) is 31.6 Å². The molecule has 0 saturated carbocycles. The lowest BCUT2D eigenvalue weighted by atomic mass is 10.0. The van der Waals surface area contributed by atoms with E-state index in [-0.39, 0.29) is 23.4 Å². The summed E-state index contributed by atoms with van der Waals surface area (Å²) in [6.45, 7) is 3.93. The molecule has 0 atom stereocenters. The molecular weight excluding hydrogens is 561 g/mol. The summed E-state index contributed by atoms with van der Waals surface area (Å²) in [4.78, 5) is 30.0. The molecule has 1 aliphatic rings. The van der Waals surface area contributed by atoms with Gasteiger partial charge in [-0.15, -0.1) is 0 Å². The van der Waals surface area contributed by atoms with Crippen molar-refractivity contribution >= 4 is 40.0 Å². The van der Waals surface area contributed by atoms with Crippen LogP contribution in [0, 0.1) is 0 Å². The summed E-state index contributed by atoms with van der Waals surface area (Å²) in [5, 5.41) is 6.00. The number of fused-ring (bicyclic) bond motifs is 1. The number of nitrogens with zero attached hydrogens (tertiary/aromatic N) is 6. The molecule has 0 spiro atoms. The Morgan fingerprint density at radius 1 is 1.14 bits per heavy atom. The number of methoxy groups -OCH3 is 1. The predicted molar refractivity (Wildman–Crippen MR) is 161 cm³/mol. The van der Waals surface area contributed by atoms with Gasteiger partial charge in [0.15, 0.2) is 5.82 Å². The number of hydrogen-bond donors (Lipinski definition) is 2. The fourth-order valence-corrected chi connectivity index (χ4v) is 5.28. The second kappa shape index (κ2) is 12.3. The number of para-hydroxylation sites is 2. The predicted octanol–water partition coefficient (Wildman–Crippen LogP) is 5.46. The molecule has 2 aromatic carbocycles. The van der Waals surface area contributed by atoms with Crippen molar-refractivity contribution in [2.75, 3.05) is 49.8 Å². The lowest BCUT2D eigenvalue weighted by molar-refractivity contribution is -0.139. The van der Waals surface area contributed by atoms with Gasteiger partial charge in [0.05, 0.1) is 35.2 Å². The first-order valence-electron chi connectivity index (χ1n) is 13.8. The molecule has 2 aromatic heterocycles. The molecule has 0 aliphatic carbocycles. The van der Waals surface area contributed by atoms with Gasteiger partial charge in [-0.2, -0.15) is 13.2 Å². The Kier molecular flexibility index (Phi) is 8.53. The molecule has 43 heavy (non-hydrogen) atoms. The molecule has 1 aliphatic heterocycles. The van der Waals surface area contributed by atoms with Crippen LogP contribution < -0.4 is 20.3 Å². The van der Waals surface area contributed by atoms with Crippen LogP contribution >= 0.6 is 0 Å². The summed E-state index contributed by atoms with van der Waals surface area (Å²) in [6, 6.07) is 12.2. The average molecular weight is 595 g/mol. The van der Waals surface area contributed by atoms with E-state index in [4.69, 9.17) is 4.74 Å². The van der Waals surface area contributed by atoms with Crippen LogP contribution in [0.4, 0.5) is 36.2 Å². The Balaban J connectivity index is 1.50. The normalized spacial score (nSPS) is 14.3. The van der Waals surface area contributed by atoms with Gasteiger partial charge in [-0.25, -0.2) is 15.0 Å². The van der Waals surface area contributed by atoms with Crippen molar-refractivity contribution in [3.63, 3.8) is 0 Å². The molecule has 3 heterocycles. The maximum absolute atomic E-state index is 13.5. The Hall–Kier alpha value is -4.65. The molecule has 226 valence electrons. The summed E-state index contributed by atoms with van der Waals surface area (Å²) in [5.41, 5.74) is 2.76. The van der Waals surface area contributed by atoms with Crippen molar-refractivity contribution in [2.24, 2.45) is 0 Å². The number of nitrogens with one attached hydrogen (secondary N) is 2. The van der Waals surface area contributed by atoms with Gasteiger partial charge in [0, 0.05) is 31.4 Å². The van der Waals surface area contributed by atoms with E-state index >= 15 is 0 Å². The number of imidazole rings is 1. The van der Waals surface area contributed by atoms with Gasteiger partial charge in [-0.1, -0.05) is 18.7 Å². The molecule has 2 N–H and O–H groups in total. The Bertz CT molecular complexity index is 1630. The summed E-state index contributed by atoms with van der Waals surface area (Å²) in [5.74, 6) is 0.273. The van der Waals surface area contributed by atoms with Gasteiger partial charge < -0.3 is 29.7 Å². The van der Waals surface area contributed by atoms with Gasteiger partial charge >= 0.3 is 6.18 Å². The Labute approximate surface area is 247 Å². The third-order valence-electron chi connectivity index (χ3n) is 7.42. The number of rotatable bonds is 9. The average Bonchev–Trinajstić information content (AvgIpc) is 3.34. The minimum Gasteiger partial charge on any atom is -0.494 e. The minimum absolute atomic E-state index is 0.0614. The van der Waals surface area contributed by atoms with Crippen LogP contribution in [0.15, 0.2) is 61.3 Å². The smallest absolute Gasteiger partial charge is 0.406 e. The van der Waals surface area contributed by atoms with Crippen LogP contribution in [-0.4, -0.2) is 76.8 Å². The molecule has 13 heteroatoms. The van der Waals surface area contributed by atoms with E-state index in [1.165, 1.54) is 25.4 Å². The summed E-state index contributed by atoms with van der Waals surface area (Å²) in [6.07, 6.45) is 0.0976. The van der Waals surface area contributed by atoms with E-state index < -0.39 is 12.7 Å². The molecular formula is C30H33F3N8O2. The third kappa shape index (κ3) is 6.72. The topological polar surface area (TPSA) is 100 Å². The first kappa shape index (κ1) is 29.8. The third-order valence-corrected chi connectivity index (χ3v) is 7.42. The highest BCUT2D eigenvalue weighted by molar-refractivity contribution is 6.02. The number of aromatic nitrogens is 4. The zero-order chi connectivity index (χ0) is 30.7. The van der Waals surface area contributed by atoms with Gasteiger partial charge in [0.25, 0.3) is 0 Å². The highest BCUT2D eigenvalue weighted by Gasteiger charge is 2.31. The van der Waals surface area contributed by atoms with E-state index in [1.54, 1.807) is 30.3 Å². The molecule has 4 aromatic rings. The number of anilines is 4. The van der Waals surface area contributed by atoms with Crippen LogP contribution in [0.1, 0.15) is 12.8 Å². The number of benzene rings is 2. The van der Waals surface area contributed by atoms with Crippen molar-refractivity contribution < 1.29 is 22.7 Å². The number of carbonyl (C=O) groups excluding carboxylic acids is 1. The highest BCUT2D eigenvalue weighted by atomic mass is 19.4. The molecule has 0 radical (unpaired) electrons. The molecule has 1 saturated heterocycles. The molecule has 5 rings (SSSR count). The fourth-order valence-electron chi connectivity index (χ4n) is 5.28. The second-order valence-corrected chi connectivity index (χ2v) is 10.5. The van der Waals surface area contributed by atoms with E-state index in [9.17, 15) is 18.0 Å². The first-order chi connectivity index (χ1) is 20.6. The maximum Gasteiger partial charge on any atom is 0.406 e. The van der Waals surface area contributed by atoms with E-state index in [0.717, 1.165) is 36.2 Å². The highest BCUT2D eigenvalue weighted by Crippen LogP contribution is 2.39. The zero-order valence-corrected chi connectivity index (χ0v) is 24.1. The summed E-state index contributed by atoms with van der Waals surface area (Å²) >= 11 is 0. The van der Waals surface area contributed by atoms with Crippen molar-refractivity contribution in [3.8, 4) is 17.3 Å². The van der Waals surface area contributed by atoms with Crippen LogP contribution in [0.25, 0.3) is 22.6 Å². The van der Waals surface area contributed by atoms with E-state index in [1.807, 2.05) is 6.07 Å². The molecule has 0 unspecified atom stereocenters. The number of alkyl halides is 3. The summed E-state index contributed by atoms with van der Waals surface area (Å²) < 4.78 is 47.3. The number of halogens is 3.